The molecule has 0 amide bonds. The Kier molecular flexibility index (Phi) is 3.64. The van der Waals surface area contributed by atoms with Crippen molar-refractivity contribution in [2.45, 2.75) is 49.9 Å². The summed E-state index contributed by atoms with van der Waals surface area (Å²) in [6.45, 7) is 3.15. The van der Waals surface area contributed by atoms with Crippen LogP contribution in [0.1, 0.15) is 32.1 Å². The predicted molar refractivity (Wildman–Crippen MR) is 70.3 cm³/mol. The van der Waals surface area contributed by atoms with Gasteiger partial charge in [-0.2, -0.15) is 0 Å². The lowest BCUT2D eigenvalue weighted by molar-refractivity contribution is -0.155. The number of morpholine rings is 1. The van der Waals surface area contributed by atoms with Gasteiger partial charge in [0.05, 0.1) is 12.2 Å². The Morgan fingerprint density at radius 1 is 1.37 bits per heavy atom. The van der Waals surface area contributed by atoms with Crippen LogP contribution in [-0.2, 0) is 9.47 Å². The van der Waals surface area contributed by atoms with Crippen molar-refractivity contribution in [3.05, 3.63) is 0 Å². The molecule has 3 aliphatic rings. The fraction of sp³-hybridized carbons (Fsp3) is 0.923. The first kappa shape index (κ1) is 13.1. The predicted octanol–water partition coefficient (Wildman–Crippen LogP) is 0.535. The van der Waals surface area contributed by atoms with E-state index in [2.05, 4.69) is 10.1 Å². The van der Waals surface area contributed by atoms with Crippen LogP contribution >= 0.6 is 0 Å². The van der Waals surface area contributed by atoms with Crippen molar-refractivity contribution in [1.29, 1.82) is 0 Å². The van der Waals surface area contributed by atoms with E-state index < -0.39 is 0 Å². The first-order valence-corrected chi connectivity index (χ1v) is 7.19. The van der Waals surface area contributed by atoms with Crippen molar-refractivity contribution in [2.75, 3.05) is 26.3 Å². The second-order valence-electron chi connectivity index (χ2n) is 5.91. The van der Waals surface area contributed by atoms with E-state index in [-0.39, 0.29) is 17.5 Å². The summed E-state index contributed by atoms with van der Waals surface area (Å²) in [5, 5.41) is 11.8. The molecular formula is C13H23N3O3. The van der Waals surface area contributed by atoms with Crippen LogP contribution in [0.5, 0.6) is 0 Å². The van der Waals surface area contributed by atoms with Crippen LogP contribution in [0.25, 0.3) is 0 Å². The highest BCUT2D eigenvalue weighted by Crippen LogP contribution is 2.43. The van der Waals surface area contributed by atoms with Gasteiger partial charge in [-0.05, 0) is 32.1 Å². The minimum atomic E-state index is -0.279. The third-order valence-electron chi connectivity index (χ3n) is 4.79. The lowest BCUT2D eigenvalue weighted by atomic mass is 9.73. The van der Waals surface area contributed by atoms with E-state index in [1.807, 2.05) is 0 Å². The highest BCUT2D eigenvalue weighted by molar-refractivity contribution is 5.84. The first-order chi connectivity index (χ1) is 9.22. The fourth-order valence-electron chi connectivity index (χ4n) is 3.48. The maximum atomic E-state index is 8.76. The van der Waals surface area contributed by atoms with Crippen LogP contribution in [0, 0.1) is 0 Å². The number of ether oxygens (including phenoxy) is 2. The second kappa shape index (κ2) is 5.26. The van der Waals surface area contributed by atoms with Crippen LogP contribution in [0.4, 0.5) is 0 Å². The zero-order chi connectivity index (χ0) is 13.3. The van der Waals surface area contributed by atoms with E-state index in [9.17, 15) is 0 Å². The SMILES string of the molecule is NC(=NO)C1CN(C2CCOC3(CCC3)C2)CCO1. The summed E-state index contributed by atoms with van der Waals surface area (Å²) in [5.74, 6) is 0.176. The molecule has 19 heavy (non-hydrogen) atoms. The van der Waals surface area contributed by atoms with Gasteiger partial charge in [0.25, 0.3) is 0 Å². The molecule has 0 radical (unpaired) electrons. The van der Waals surface area contributed by atoms with Gasteiger partial charge < -0.3 is 20.4 Å². The maximum Gasteiger partial charge on any atom is 0.169 e. The fourth-order valence-corrected chi connectivity index (χ4v) is 3.48. The quantitative estimate of drug-likeness (QED) is 0.331. The van der Waals surface area contributed by atoms with Gasteiger partial charge in [0.15, 0.2) is 5.84 Å². The second-order valence-corrected chi connectivity index (χ2v) is 5.91. The summed E-state index contributed by atoms with van der Waals surface area (Å²) >= 11 is 0. The molecular weight excluding hydrogens is 246 g/mol. The Morgan fingerprint density at radius 3 is 2.89 bits per heavy atom. The number of rotatable bonds is 2. The number of nitrogens with two attached hydrogens (primary N) is 1. The Bertz CT molecular complexity index is 357. The molecule has 1 spiro atoms. The molecule has 3 rings (SSSR count). The average molecular weight is 269 g/mol. The molecule has 2 atom stereocenters. The third kappa shape index (κ3) is 2.57. The van der Waals surface area contributed by atoms with Crippen molar-refractivity contribution >= 4 is 5.84 Å². The molecule has 0 bridgehead atoms. The zero-order valence-corrected chi connectivity index (χ0v) is 11.3. The maximum absolute atomic E-state index is 8.76. The normalized spacial score (nSPS) is 36.1. The van der Waals surface area contributed by atoms with Crippen molar-refractivity contribution in [3.8, 4) is 0 Å². The van der Waals surface area contributed by atoms with E-state index in [1.165, 1.54) is 19.3 Å². The molecule has 0 aromatic carbocycles. The van der Waals surface area contributed by atoms with Gasteiger partial charge in [0, 0.05) is 25.7 Å². The van der Waals surface area contributed by atoms with Crippen LogP contribution in [-0.4, -0.2) is 60.0 Å². The van der Waals surface area contributed by atoms with E-state index in [0.29, 0.717) is 12.6 Å². The van der Waals surface area contributed by atoms with Gasteiger partial charge in [-0.1, -0.05) is 5.16 Å². The summed E-state index contributed by atoms with van der Waals surface area (Å²) < 4.78 is 11.5. The molecule has 0 aromatic heterocycles. The highest BCUT2D eigenvalue weighted by atomic mass is 16.5. The van der Waals surface area contributed by atoms with Crippen molar-refractivity contribution in [2.24, 2.45) is 10.9 Å². The standard InChI is InChI=1S/C13H23N3O3/c14-12(15-17)11-9-16(5-7-18-11)10-2-6-19-13(8-10)3-1-4-13/h10-11,17H,1-9H2,(H2,14,15). The van der Waals surface area contributed by atoms with E-state index in [1.54, 1.807) is 0 Å². The first-order valence-electron chi connectivity index (χ1n) is 7.19. The lowest BCUT2D eigenvalue weighted by Gasteiger charge is -2.50. The number of oxime groups is 1. The number of hydrogen-bond acceptors (Lipinski definition) is 5. The van der Waals surface area contributed by atoms with Crippen molar-refractivity contribution in [1.82, 2.24) is 4.90 Å². The molecule has 2 unspecified atom stereocenters. The lowest BCUT2D eigenvalue weighted by Crippen LogP contribution is -2.57. The Balaban J connectivity index is 1.61. The Morgan fingerprint density at radius 2 is 2.21 bits per heavy atom. The van der Waals surface area contributed by atoms with Crippen LogP contribution < -0.4 is 5.73 Å². The Labute approximate surface area is 113 Å². The van der Waals surface area contributed by atoms with E-state index in [4.69, 9.17) is 20.4 Å². The molecule has 1 aliphatic carbocycles. The minimum absolute atomic E-state index is 0.160. The zero-order valence-electron chi connectivity index (χ0n) is 11.3. The summed E-state index contributed by atoms with van der Waals surface area (Å²) in [6, 6.07) is 0.548. The molecule has 6 nitrogen and oxygen atoms in total. The third-order valence-corrected chi connectivity index (χ3v) is 4.79. The minimum Gasteiger partial charge on any atom is -0.409 e. The van der Waals surface area contributed by atoms with Crippen LogP contribution in [0.3, 0.4) is 0 Å². The summed E-state index contributed by atoms with van der Waals surface area (Å²) in [4.78, 5) is 2.43. The molecule has 3 N–H and O–H groups in total. The number of amidine groups is 1. The molecule has 2 heterocycles. The monoisotopic (exact) mass is 269 g/mol. The topological polar surface area (TPSA) is 80.3 Å². The van der Waals surface area contributed by atoms with Gasteiger partial charge in [-0.25, -0.2) is 0 Å². The van der Waals surface area contributed by atoms with Crippen LogP contribution in [0.15, 0.2) is 5.16 Å². The molecule has 2 saturated heterocycles. The summed E-state index contributed by atoms with van der Waals surface area (Å²) in [7, 11) is 0. The smallest absolute Gasteiger partial charge is 0.169 e. The van der Waals surface area contributed by atoms with Crippen molar-refractivity contribution < 1.29 is 14.7 Å². The van der Waals surface area contributed by atoms with Gasteiger partial charge in [0.1, 0.15) is 6.10 Å². The molecule has 2 aliphatic heterocycles. The van der Waals surface area contributed by atoms with Crippen molar-refractivity contribution in [3.63, 3.8) is 0 Å². The molecule has 108 valence electrons. The molecule has 1 saturated carbocycles. The summed E-state index contributed by atoms with van der Waals surface area (Å²) in [6.07, 6.45) is 5.62. The molecule has 3 fully saturated rings. The molecule has 6 heteroatoms. The Hall–Kier alpha value is -0.850. The van der Waals surface area contributed by atoms with E-state index >= 15 is 0 Å². The molecule has 0 aromatic rings. The summed E-state index contributed by atoms with van der Waals surface area (Å²) in [5.41, 5.74) is 5.81. The van der Waals surface area contributed by atoms with Gasteiger partial charge in [-0.3, -0.25) is 4.90 Å². The van der Waals surface area contributed by atoms with Crippen LogP contribution in [0.2, 0.25) is 0 Å². The average Bonchev–Trinajstić information content (AvgIpc) is 2.45. The number of nitrogens with zero attached hydrogens (tertiary/aromatic N) is 2. The number of hydrogen-bond donors (Lipinski definition) is 2. The van der Waals surface area contributed by atoms with Gasteiger partial charge in [0.2, 0.25) is 0 Å². The van der Waals surface area contributed by atoms with E-state index in [0.717, 1.165) is 32.5 Å². The van der Waals surface area contributed by atoms with Gasteiger partial charge in [-0.15, -0.1) is 0 Å². The highest BCUT2D eigenvalue weighted by Gasteiger charge is 2.44. The largest absolute Gasteiger partial charge is 0.409 e. The van der Waals surface area contributed by atoms with Gasteiger partial charge >= 0.3 is 0 Å².